The van der Waals surface area contributed by atoms with Gasteiger partial charge in [0.15, 0.2) is 0 Å². The van der Waals surface area contributed by atoms with Crippen LogP contribution in [0.25, 0.3) is 0 Å². The summed E-state index contributed by atoms with van der Waals surface area (Å²) in [4.78, 5) is 39.0. The molecule has 1 aliphatic rings. The molecule has 0 fully saturated rings. The molecule has 9 nitrogen and oxygen atoms in total. The van der Waals surface area contributed by atoms with Gasteiger partial charge in [0.05, 0.1) is 17.5 Å². The number of carbonyl (C=O) groups is 1. The first-order valence-electron chi connectivity index (χ1n) is 11.0. The van der Waals surface area contributed by atoms with Crippen LogP contribution in [0.2, 0.25) is 0 Å². The minimum atomic E-state index is -3.01. The molecular weight excluding hydrogens is 497 g/mol. The first-order chi connectivity index (χ1) is 17.1. The SMILES string of the molecule is CC1(CCCCN=C=O)SCC(C)(c2nc(NC(=O)c3ccc(OC(F)F)cn3)ccc2F)N=C1N. The molecule has 2 atom stereocenters. The topological polar surface area (TPSA) is 132 Å². The Balaban J connectivity index is 1.74. The number of hydrogen-bond donors (Lipinski definition) is 2. The number of nitrogens with one attached hydrogen (secondary N) is 1. The minimum Gasteiger partial charge on any atom is -0.433 e. The number of thioether (sulfide) groups is 1. The summed E-state index contributed by atoms with van der Waals surface area (Å²) in [6, 6.07) is 4.87. The summed E-state index contributed by atoms with van der Waals surface area (Å²) in [7, 11) is 0. The lowest BCUT2D eigenvalue weighted by Crippen LogP contribution is -2.47. The van der Waals surface area contributed by atoms with Crippen molar-refractivity contribution >= 4 is 35.4 Å². The molecule has 0 saturated carbocycles. The number of amidine groups is 1. The summed E-state index contributed by atoms with van der Waals surface area (Å²) >= 11 is 1.54. The number of nitrogens with two attached hydrogens (primary N) is 1. The number of unbranched alkanes of at least 4 members (excludes halogenated alkanes) is 1. The molecule has 3 rings (SSSR count). The Bertz CT molecular complexity index is 1180. The van der Waals surface area contributed by atoms with Gasteiger partial charge in [-0.05, 0) is 57.4 Å². The number of anilines is 1. The van der Waals surface area contributed by atoms with E-state index in [0.717, 1.165) is 12.6 Å². The number of carbonyl (C=O) groups excluding carboxylic acids is 2. The summed E-state index contributed by atoms with van der Waals surface area (Å²) in [5.41, 5.74) is 5.19. The molecule has 0 aromatic carbocycles. The molecule has 0 radical (unpaired) electrons. The van der Waals surface area contributed by atoms with E-state index in [1.807, 2.05) is 6.92 Å². The summed E-state index contributed by atoms with van der Waals surface area (Å²) in [5.74, 6) is -0.647. The zero-order valence-electron chi connectivity index (χ0n) is 19.6. The maximum Gasteiger partial charge on any atom is 0.387 e. The number of ether oxygens (including phenoxy) is 1. The van der Waals surface area contributed by atoms with Crippen molar-refractivity contribution in [2.24, 2.45) is 15.7 Å². The molecule has 3 heterocycles. The Hall–Kier alpha value is -3.44. The third-order valence-corrected chi connectivity index (χ3v) is 7.37. The lowest BCUT2D eigenvalue weighted by atomic mass is 9.96. The second-order valence-corrected chi connectivity index (χ2v) is 9.94. The van der Waals surface area contributed by atoms with Crippen molar-refractivity contribution < 1.29 is 27.5 Å². The van der Waals surface area contributed by atoms with Gasteiger partial charge in [0.25, 0.3) is 5.91 Å². The molecule has 192 valence electrons. The van der Waals surface area contributed by atoms with Crippen molar-refractivity contribution in [3.63, 3.8) is 0 Å². The van der Waals surface area contributed by atoms with Crippen LogP contribution in [0, 0.1) is 5.82 Å². The number of amides is 1. The van der Waals surface area contributed by atoms with Crippen LogP contribution in [-0.2, 0) is 10.3 Å². The molecular formula is C23H25F3N6O3S. The average molecular weight is 523 g/mol. The van der Waals surface area contributed by atoms with Crippen molar-refractivity contribution in [2.75, 3.05) is 17.6 Å². The lowest BCUT2D eigenvalue weighted by Gasteiger charge is -2.39. The van der Waals surface area contributed by atoms with Gasteiger partial charge in [0.1, 0.15) is 40.1 Å². The van der Waals surface area contributed by atoms with E-state index in [1.54, 1.807) is 6.92 Å². The summed E-state index contributed by atoms with van der Waals surface area (Å²) < 4.78 is 43.1. The number of nitrogens with zero attached hydrogens (tertiary/aromatic N) is 4. The van der Waals surface area contributed by atoms with Crippen LogP contribution < -0.4 is 15.8 Å². The summed E-state index contributed by atoms with van der Waals surface area (Å²) in [5, 5.41) is 2.52. The van der Waals surface area contributed by atoms with Gasteiger partial charge in [-0.3, -0.25) is 9.79 Å². The highest BCUT2D eigenvalue weighted by Gasteiger charge is 2.42. The van der Waals surface area contributed by atoms with E-state index in [2.05, 4.69) is 30.0 Å². The molecule has 13 heteroatoms. The van der Waals surface area contributed by atoms with Crippen LogP contribution in [-0.4, -0.2) is 51.4 Å². The third kappa shape index (κ3) is 6.61. The van der Waals surface area contributed by atoms with Gasteiger partial charge in [0, 0.05) is 5.75 Å². The van der Waals surface area contributed by atoms with Gasteiger partial charge in [0.2, 0.25) is 6.08 Å². The lowest BCUT2D eigenvalue weighted by molar-refractivity contribution is -0.0500. The Labute approximate surface area is 209 Å². The summed E-state index contributed by atoms with van der Waals surface area (Å²) in [6.07, 6.45) is 4.70. The molecule has 2 aromatic rings. The Morgan fingerprint density at radius 2 is 2.08 bits per heavy atom. The molecule has 2 unspecified atom stereocenters. The molecule has 0 bridgehead atoms. The molecule has 0 saturated heterocycles. The maximum atomic E-state index is 14.8. The van der Waals surface area contributed by atoms with Gasteiger partial charge in [-0.25, -0.2) is 24.1 Å². The first-order valence-corrected chi connectivity index (χ1v) is 12.0. The number of pyridine rings is 2. The molecule has 0 aliphatic carbocycles. The normalized spacial score (nSPS) is 21.4. The Morgan fingerprint density at radius 3 is 2.72 bits per heavy atom. The van der Waals surface area contributed by atoms with Crippen LogP contribution in [0.3, 0.4) is 0 Å². The van der Waals surface area contributed by atoms with Crippen molar-refractivity contribution in [3.8, 4) is 5.75 Å². The number of aromatic nitrogens is 2. The second-order valence-electron chi connectivity index (χ2n) is 8.46. The highest BCUT2D eigenvalue weighted by Crippen LogP contribution is 2.43. The minimum absolute atomic E-state index is 0.0201. The highest BCUT2D eigenvalue weighted by atomic mass is 32.2. The van der Waals surface area contributed by atoms with Crippen molar-refractivity contribution in [1.82, 2.24) is 9.97 Å². The van der Waals surface area contributed by atoms with Crippen molar-refractivity contribution in [2.45, 2.75) is 50.0 Å². The van der Waals surface area contributed by atoms with E-state index >= 15 is 0 Å². The maximum absolute atomic E-state index is 14.8. The van der Waals surface area contributed by atoms with Crippen LogP contribution >= 0.6 is 11.8 Å². The molecule has 3 N–H and O–H groups in total. The zero-order chi connectivity index (χ0) is 26.3. The summed E-state index contributed by atoms with van der Waals surface area (Å²) in [6.45, 7) is 1.07. The van der Waals surface area contributed by atoms with E-state index in [1.165, 1.54) is 42.1 Å². The van der Waals surface area contributed by atoms with E-state index in [0.29, 0.717) is 31.0 Å². The van der Waals surface area contributed by atoms with E-state index in [4.69, 9.17) is 5.73 Å². The van der Waals surface area contributed by atoms with E-state index in [9.17, 15) is 22.8 Å². The third-order valence-electron chi connectivity index (χ3n) is 5.61. The Kier molecular flexibility index (Phi) is 8.70. The number of alkyl halides is 2. The van der Waals surface area contributed by atoms with Gasteiger partial charge >= 0.3 is 6.61 Å². The van der Waals surface area contributed by atoms with Crippen LogP contribution in [0.4, 0.5) is 19.0 Å². The predicted octanol–water partition coefficient (Wildman–Crippen LogP) is 4.05. The van der Waals surface area contributed by atoms with Gasteiger partial charge in [-0.2, -0.15) is 8.78 Å². The molecule has 36 heavy (non-hydrogen) atoms. The molecule has 1 aliphatic heterocycles. The van der Waals surface area contributed by atoms with Crippen molar-refractivity contribution in [3.05, 3.63) is 47.7 Å². The largest absolute Gasteiger partial charge is 0.433 e. The van der Waals surface area contributed by atoms with Gasteiger partial charge in [-0.1, -0.05) is 0 Å². The quantitative estimate of drug-likeness (QED) is 0.273. The smallest absolute Gasteiger partial charge is 0.387 e. The fraction of sp³-hybridized carbons (Fsp3) is 0.435. The number of hydrogen-bond acceptors (Lipinski definition) is 9. The fourth-order valence-electron chi connectivity index (χ4n) is 3.57. The van der Waals surface area contributed by atoms with E-state index in [-0.39, 0.29) is 23.0 Å². The Morgan fingerprint density at radius 1 is 1.31 bits per heavy atom. The predicted molar refractivity (Wildman–Crippen MR) is 130 cm³/mol. The second kappa shape index (κ2) is 11.5. The fourth-order valence-corrected chi connectivity index (χ4v) is 4.85. The van der Waals surface area contributed by atoms with Crippen LogP contribution in [0.5, 0.6) is 5.75 Å². The van der Waals surface area contributed by atoms with Gasteiger partial charge < -0.3 is 15.8 Å². The number of isocyanates is 1. The zero-order valence-corrected chi connectivity index (χ0v) is 20.4. The van der Waals surface area contributed by atoms with Crippen LogP contribution in [0.15, 0.2) is 40.4 Å². The molecule has 1 amide bonds. The number of halogens is 3. The standard InChI is InChI=1S/C23H25F3N6O3S/c1-22(12-36-23(2,20(27)32-22)9-3-4-10-28-13-33)18-15(24)6-8-17(30-18)31-19(34)16-7-5-14(11-29-16)35-21(25)26/h5-8,11,21H,3-4,9-10,12H2,1-2H3,(H2,27,32)(H,30,31,34). The molecule has 0 spiro atoms. The number of aliphatic imine (C=N–C) groups is 2. The van der Waals surface area contributed by atoms with E-state index < -0.39 is 28.6 Å². The average Bonchev–Trinajstić information content (AvgIpc) is 2.83. The molecule has 2 aromatic heterocycles. The highest BCUT2D eigenvalue weighted by molar-refractivity contribution is 8.01. The van der Waals surface area contributed by atoms with Crippen molar-refractivity contribution in [1.29, 1.82) is 0 Å². The number of rotatable bonds is 10. The van der Waals surface area contributed by atoms with Gasteiger partial charge in [-0.15, -0.1) is 11.8 Å². The van der Waals surface area contributed by atoms with Crippen LogP contribution in [0.1, 0.15) is 49.3 Å². The first kappa shape index (κ1) is 27.2. The monoisotopic (exact) mass is 522 g/mol.